The molecule has 0 N–H and O–H groups in total. The molecule has 1 fully saturated rings. The number of nitrogens with zero attached hydrogens (tertiary/aromatic N) is 2. The van der Waals surface area contributed by atoms with Gasteiger partial charge in [0.25, 0.3) is 0 Å². The summed E-state index contributed by atoms with van der Waals surface area (Å²) in [7, 11) is -3.41. The van der Waals surface area contributed by atoms with Gasteiger partial charge in [0.1, 0.15) is 0 Å². The van der Waals surface area contributed by atoms with E-state index in [4.69, 9.17) is 11.6 Å². The number of thiophene rings is 1. The van der Waals surface area contributed by atoms with Crippen LogP contribution in [0.1, 0.15) is 5.56 Å². The molecule has 3 rings (SSSR count). The maximum absolute atomic E-state index is 12.6. The summed E-state index contributed by atoms with van der Waals surface area (Å²) < 4.78 is 26.7. The third-order valence-electron chi connectivity index (χ3n) is 3.77. The first-order valence-corrected chi connectivity index (χ1v) is 9.81. The third kappa shape index (κ3) is 3.52. The molecule has 22 heavy (non-hydrogen) atoms. The van der Waals surface area contributed by atoms with E-state index in [0.29, 0.717) is 23.0 Å². The second kappa shape index (κ2) is 6.68. The molecule has 0 saturated carbocycles. The lowest BCUT2D eigenvalue weighted by Crippen LogP contribution is -2.48. The Labute approximate surface area is 140 Å². The summed E-state index contributed by atoms with van der Waals surface area (Å²) in [5.41, 5.74) is 1.29. The lowest BCUT2D eigenvalue weighted by atomic mass is 10.3. The van der Waals surface area contributed by atoms with E-state index < -0.39 is 10.0 Å². The number of hydrogen-bond donors (Lipinski definition) is 0. The molecule has 1 aliphatic rings. The zero-order chi connectivity index (χ0) is 15.6. The summed E-state index contributed by atoms with van der Waals surface area (Å²) in [5, 5.41) is 4.74. The molecule has 0 aliphatic carbocycles. The van der Waals surface area contributed by atoms with Crippen LogP contribution in [-0.4, -0.2) is 43.8 Å². The summed E-state index contributed by atoms with van der Waals surface area (Å²) >= 11 is 7.51. The van der Waals surface area contributed by atoms with Crippen LogP contribution in [0, 0.1) is 0 Å². The summed E-state index contributed by atoms with van der Waals surface area (Å²) in [6.07, 6.45) is 0. The number of rotatable bonds is 4. The Morgan fingerprint density at radius 3 is 2.32 bits per heavy atom. The minimum Gasteiger partial charge on any atom is -0.296 e. The molecular weight excluding hydrogens is 340 g/mol. The van der Waals surface area contributed by atoms with Crippen LogP contribution in [-0.2, 0) is 16.6 Å². The standard InChI is InChI=1S/C15H17ClN2O2S2/c16-14-1-3-15(4-2-14)22(19,20)18-8-6-17(7-9-18)11-13-5-10-21-12-13/h1-5,10,12H,6-9,11H2. The van der Waals surface area contributed by atoms with E-state index in [1.807, 2.05) is 0 Å². The predicted octanol–water partition coefficient (Wildman–Crippen LogP) is 2.91. The minimum absolute atomic E-state index is 0.309. The molecule has 0 unspecified atom stereocenters. The number of benzene rings is 1. The van der Waals surface area contributed by atoms with Gasteiger partial charge in [-0.2, -0.15) is 15.6 Å². The van der Waals surface area contributed by atoms with E-state index >= 15 is 0 Å². The molecular formula is C15H17ClN2O2S2. The van der Waals surface area contributed by atoms with Crippen LogP contribution >= 0.6 is 22.9 Å². The molecule has 4 nitrogen and oxygen atoms in total. The molecule has 0 radical (unpaired) electrons. The lowest BCUT2D eigenvalue weighted by Gasteiger charge is -2.33. The quantitative estimate of drug-likeness (QED) is 0.845. The molecule has 2 heterocycles. The maximum Gasteiger partial charge on any atom is 0.243 e. The molecule has 1 aromatic heterocycles. The molecule has 1 aromatic carbocycles. The lowest BCUT2D eigenvalue weighted by molar-refractivity contribution is 0.182. The van der Waals surface area contributed by atoms with Crippen molar-refractivity contribution in [3.63, 3.8) is 0 Å². The molecule has 2 aromatic rings. The van der Waals surface area contributed by atoms with Crippen molar-refractivity contribution >= 4 is 33.0 Å². The van der Waals surface area contributed by atoms with Gasteiger partial charge in [0, 0.05) is 37.7 Å². The van der Waals surface area contributed by atoms with Crippen LogP contribution in [0.25, 0.3) is 0 Å². The largest absolute Gasteiger partial charge is 0.296 e. The van der Waals surface area contributed by atoms with E-state index in [-0.39, 0.29) is 0 Å². The summed E-state index contributed by atoms with van der Waals surface area (Å²) in [6, 6.07) is 8.47. The van der Waals surface area contributed by atoms with E-state index in [2.05, 4.69) is 21.7 Å². The summed E-state index contributed by atoms with van der Waals surface area (Å²) in [5.74, 6) is 0. The summed E-state index contributed by atoms with van der Waals surface area (Å²) in [4.78, 5) is 2.60. The van der Waals surface area contributed by atoms with Crippen molar-refractivity contribution in [2.75, 3.05) is 26.2 Å². The molecule has 0 atom stereocenters. The Balaban J connectivity index is 1.64. The highest BCUT2D eigenvalue weighted by atomic mass is 35.5. The number of sulfonamides is 1. The average Bonchev–Trinajstić information content (AvgIpc) is 3.01. The van der Waals surface area contributed by atoms with Crippen molar-refractivity contribution < 1.29 is 8.42 Å². The van der Waals surface area contributed by atoms with Gasteiger partial charge in [-0.1, -0.05) is 11.6 Å². The summed E-state index contributed by atoms with van der Waals surface area (Å²) in [6.45, 7) is 3.44. The second-order valence-corrected chi connectivity index (χ2v) is 8.42. The normalized spacial score (nSPS) is 17.7. The molecule has 0 amide bonds. The van der Waals surface area contributed by atoms with Gasteiger partial charge in [0.2, 0.25) is 10.0 Å². The van der Waals surface area contributed by atoms with Crippen molar-refractivity contribution in [2.45, 2.75) is 11.4 Å². The van der Waals surface area contributed by atoms with Crippen molar-refractivity contribution in [1.29, 1.82) is 0 Å². The minimum atomic E-state index is -3.41. The zero-order valence-electron chi connectivity index (χ0n) is 12.0. The monoisotopic (exact) mass is 356 g/mol. The van der Waals surface area contributed by atoms with E-state index in [0.717, 1.165) is 19.6 Å². The Bertz CT molecular complexity index is 707. The van der Waals surface area contributed by atoms with Crippen LogP contribution in [0.4, 0.5) is 0 Å². The van der Waals surface area contributed by atoms with Crippen molar-refractivity contribution in [2.24, 2.45) is 0 Å². The van der Waals surface area contributed by atoms with E-state index in [1.165, 1.54) is 5.56 Å². The van der Waals surface area contributed by atoms with Gasteiger partial charge in [-0.3, -0.25) is 4.90 Å². The van der Waals surface area contributed by atoms with Gasteiger partial charge >= 0.3 is 0 Å². The third-order valence-corrected chi connectivity index (χ3v) is 6.67. The van der Waals surface area contributed by atoms with E-state index in [9.17, 15) is 8.42 Å². The first-order valence-electron chi connectivity index (χ1n) is 7.05. The van der Waals surface area contributed by atoms with Crippen LogP contribution in [0.2, 0.25) is 5.02 Å². The van der Waals surface area contributed by atoms with Gasteiger partial charge < -0.3 is 0 Å². The van der Waals surface area contributed by atoms with Crippen molar-refractivity contribution in [1.82, 2.24) is 9.21 Å². The Morgan fingerprint density at radius 2 is 1.73 bits per heavy atom. The fourth-order valence-electron chi connectivity index (χ4n) is 2.52. The topological polar surface area (TPSA) is 40.6 Å². The fraction of sp³-hybridized carbons (Fsp3) is 0.333. The number of halogens is 1. The smallest absolute Gasteiger partial charge is 0.243 e. The highest BCUT2D eigenvalue weighted by molar-refractivity contribution is 7.89. The van der Waals surface area contributed by atoms with Crippen LogP contribution in [0.3, 0.4) is 0 Å². The highest BCUT2D eigenvalue weighted by Crippen LogP contribution is 2.20. The molecule has 118 valence electrons. The zero-order valence-corrected chi connectivity index (χ0v) is 14.4. The predicted molar refractivity (Wildman–Crippen MR) is 89.8 cm³/mol. The van der Waals surface area contributed by atoms with Crippen LogP contribution in [0.5, 0.6) is 0 Å². The van der Waals surface area contributed by atoms with E-state index in [1.54, 1.807) is 39.9 Å². The Hall–Kier alpha value is -0.920. The Morgan fingerprint density at radius 1 is 1.05 bits per heavy atom. The van der Waals surface area contributed by atoms with Crippen LogP contribution < -0.4 is 0 Å². The average molecular weight is 357 g/mol. The molecule has 0 bridgehead atoms. The maximum atomic E-state index is 12.6. The SMILES string of the molecule is O=S(=O)(c1ccc(Cl)cc1)N1CCN(Cc2ccsc2)CC1. The molecule has 1 aliphatic heterocycles. The molecule has 1 saturated heterocycles. The first kappa shape index (κ1) is 16.0. The van der Waals surface area contributed by atoms with Gasteiger partial charge in [0.15, 0.2) is 0 Å². The van der Waals surface area contributed by atoms with Gasteiger partial charge in [-0.25, -0.2) is 8.42 Å². The van der Waals surface area contributed by atoms with Crippen LogP contribution in [0.15, 0.2) is 46.0 Å². The number of piperazine rings is 1. The molecule has 7 heteroatoms. The van der Waals surface area contributed by atoms with Gasteiger partial charge in [0.05, 0.1) is 4.90 Å². The first-order chi connectivity index (χ1) is 10.6. The second-order valence-electron chi connectivity index (χ2n) is 5.27. The number of hydrogen-bond acceptors (Lipinski definition) is 4. The van der Waals surface area contributed by atoms with Crippen molar-refractivity contribution in [3.05, 3.63) is 51.7 Å². The molecule has 0 spiro atoms. The fourth-order valence-corrected chi connectivity index (χ4v) is 4.73. The van der Waals surface area contributed by atoms with Crippen molar-refractivity contribution in [3.8, 4) is 0 Å². The highest BCUT2D eigenvalue weighted by Gasteiger charge is 2.28. The Kier molecular flexibility index (Phi) is 4.84. The van der Waals surface area contributed by atoms with Gasteiger partial charge in [-0.15, -0.1) is 0 Å². The van der Waals surface area contributed by atoms with Gasteiger partial charge in [-0.05, 0) is 46.7 Å².